The molecule has 0 spiro atoms. The molecule has 1 amide bonds. The summed E-state index contributed by atoms with van der Waals surface area (Å²) in [5.74, 6) is 0.175. The minimum Gasteiger partial charge on any atom is -0.379 e. The molecular weight excluding hydrogens is 230 g/mol. The summed E-state index contributed by atoms with van der Waals surface area (Å²) in [5, 5.41) is 6.40. The first-order valence-corrected chi connectivity index (χ1v) is 7.07. The number of carbonyl (C=O) groups excluding carboxylic acids is 1. The second-order valence-electron chi connectivity index (χ2n) is 5.30. The summed E-state index contributed by atoms with van der Waals surface area (Å²) in [7, 11) is 0. The molecule has 0 aliphatic carbocycles. The maximum atomic E-state index is 11.8. The summed E-state index contributed by atoms with van der Waals surface area (Å²) in [6, 6.07) is 0.790. The van der Waals surface area contributed by atoms with Crippen LogP contribution < -0.4 is 10.6 Å². The van der Waals surface area contributed by atoms with Gasteiger partial charge in [-0.15, -0.1) is 0 Å². The van der Waals surface area contributed by atoms with Gasteiger partial charge < -0.3 is 15.4 Å². The van der Waals surface area contributed by atoms with Crippen molar-refractivity contribution in [1.29, 1.82) is 0 Å². The number of hydrogen-bond donors (Lipinski definition) is 2. The van der Waals surface area contributed by atoms with Gasteiger partial charge in [0.05, 0.1) is 13.2 Å². The number of carbonyl (C=O) groups is 1. The first kappa shape index (κ1) is 13.8. The molecule has 2 fully saturated rings. The van der Waals surface area contributed by atoms with Gasteiger partial charge in [0, 0.05) is 38.1 Å². The Morgan fingerprint density at radius 2 is 2.28 bits per heavy atom. The van der Waals surface area contributed by atoms with Gasteiger partial charge in [0.1, 0.15) is 0 Å². The number of amides is 1. The van der Waals surface area contributed by atoms with Crippen LogP contribution in [0.25, 0.3) is 0 Å². The second kappa shape index (κ2) is 7.07. The predicted molar refractivity (Wildman–Crippen MR) is 70.5 cm³/mol. The number of morpholine rings is 1. The molecule has 0 aromatic heterocycles. The first-order chi connectivity index (χ1) is 8.75. The van der Waals surface area contributed by atoms with Crippen LogP contribution >= 0.6 is 0 Å². The Kier molecular flexibility index (Phi) is 5.41. The molecule has 104 valence electrons. The minimum atomic E-state index is 0.175. The fourth-order valence-electron chi connectivity index (χ4n) is 2.64. The summed E-state index contributed by atoms with van der Waals surface area (Å²) in [6.07, 6.45) is 2.95. The average molecular weight is 255 g/mol. The molecule has 18 heavy (non-hydrogen) atoms. The van der Waals surface area contributed by atoms with Gasteiger partial charge in [-0.1, -0.05) is 0 Å². The largest absolute Gasteiger partial charge is 0.379 e. The van der Waals surface area contributed by atoms with Gasteiger partial charge in [-0.25, -0.2) is 0 Å². The third kappa shape index (κ3) is 4.23. The van der Waals surface area contributed by atoms with Crippen molar-refractivity contribution in [3.05, 3.63) is 0 Å². The van der Waals surface area contributed by atoms with Crippen molar-refractivity contribution in [3.8, 4) is 0 Å². The first-order valence-electron chi connectivity index (χ1n) is 7.07. The lowest BCUT2D eigenvalue weighted by molar-refractivity contribution is -0.121. The highest BCUT2D eigenvalue weighted by atomic mass is 16.5. The molecular formula is C13H25N3O2. The van der Waals surface area contributed by atoms with E-state index in [2.05, 4.69) is 22.5 Å². The van der Waals surface area contributed by atoms with Crippen molar-refractivity contribution in [2.45, 2.75) is 38.3 Å². The Morgan fingerprint density at radius 1 is 1.50 bits per heavy atom. The summed E-state index contributed by atoms with van der Waals surface area (Å²) >= 11 is 0. The van der Waals surface area contributed by atoms with Crippen molar-refractivity contribution in [2.24, 2.45) is 0 Å². The molecule has 0 bridgehead atoms. The third-order valence-corrected chi connectivity index (χ3v) is 3.86. The smallest absolute Gasteiger partial charge is 0.221 e. The van der Waals surface area contributed by atoms with Gasteiger partial charge in [0.25, 0.3) is 0 Å². The standard InChI is InChI=1S/C13H25N3O2/c1-11(16-5-7-18-8-6-16)10-15-13(17)9-12-3-2-4-14-12/h11-12,14H,2-10H2,1H3,(H,15,17). The van der Waals surface area contributed by atoms with Gasteiger partial charge in [0.15, 0.2) is 0 Å². The zero-order chi connectivity index (χ0) is 12.8. The maximum Gasteiger partial charge on any atom is 0.221 e. The molecule has 0 saturated carbocycles. The van der Waals surface area contributed by atoms with E-state index >= 15 is 0 Å². The average Bonchev–Trinajstić information content (AvgIpc) is 2.90. The fourth-order valence-corrected chi connectivity index (χ4v) is 2.64. The maximum absolute atomic E-state index is 11.8. The summed E-state index contributed by atoms with van der Waals surface area (Å²) in [4.78, 5) is 14.2. The van der Waals surface area contributed by atoms with E-state index in [9.17, 15) is 4.79 Å². The predicted octanol–water partition coefficient (Wildman–Crippen LogP) is -0.0346. The molecule has 5 nitrogen and oxygen atoms in total. The Bertz CT molecular complexity index is 261. The van der Waals surface area contributed by atoms with Crippen molar-refractivity contribution in [1.82, 2.24) is 15.5 Å². The zero-order valence-electron chi connectivity index (χ0n) is 11.3. The Morgan fingerprint density at radius 3 is 2.94 bits per heavy atom. The highest BCUT2D eigenvalue weighted by Crippen LogP contribution is 2.08. The van der Waals surface area contributed by atoms with E-state index in [0.717, 1.165) is 45.8 Å². The van der Waals surface area contributed by atoms with Gasteiger partial charge >= 0.3 is 0 Å². The molecule has 2 atom stereocenters. The van der Waals surface area contributed by atoms with E-state index in [1.54, 1.807) is 0 Å². The topological polar surface area (TPSA) is 53.6 Å². The lowest BCUT2D eigenvalue weighted by Crippen LogP contribution is -2.47. The third-order valence-electron chi connectivity index (χ3n) is 3.86. The van der Waals surface area contributed by atoms with Crippen LogP contribution in [0.4, 0.5) is 0 Å². The van der Waals surface area contributed by atoms with Crippen LogP contribution in [0.2, 0.25) is 0 Å². The van der Waals surface area contributed by atoms with E-state index in [0.29, 0.717) is 18.5 Å². The Hall–Kier alpha value is -0.650. The Balaban J connectivity index is 1.61. The van der Waals surface area contributed by atoms with Crippen LogP contribution in [0.1, 0.15) is 26.2 Å². The molecule has 2 N–H and O–H groups in total. The molecule has 2 aliphatic heterocycles. The molecule has 0 radical (unpaired) electrons. The van der Waals surface area contributed by atoms with E-state index in [1.165, 1.54) is 6.42 Å². The highest BCUT2D eigenvalue weighted by molar-refractivity contribution is 5.76. The molecule has 2 rings (SSSR count). The number of nitrogens with one attached hydrogen (secondary N) is 2. The van der Waals surface area contributed by atoms with Gasteiger partial charge in [-0.05, 0) is 26.3 Å². The quantitative estimate of drug-likeness (QED) is 0.724. The van der Waals surface area contributed by atoms with Crippen molar-refractivity contribution in [2.75, 3.05) is 39.4 Å². The van der Waals surface area contributed by atoms with E-state index in [-0.39, 0.29) is 5.91 Å². The van der Waals surface area contributed by atoms with E-state index in [4.69, 9.17) is 4.74 Å². The molecule has 0 aromatic carbocycles. The van der Waals surface area contributed by atoms with Crippen molar-refractivity contribution >= 4 is 5.91 Å². The van der Waals surface area contributed by atoms with Crippen molar-refractivity contribution in [3.63, 3.8) is 0 Å². The highest BCUT2D eigenvalue weighted by Gasteiger charge is 2.20. The van der Waals surface area contributed by atoms with Crippen LogP contribution in [0, 0.1) is 0 Å². The second-order valence-corrected chi connectivity index (χ2v) is 5.30. The number of rotatable bonds is 5. The van der Waals surface area contributed by atoms with E-state index < -0.39 is 0 Å². The zero-order valence-corrected chi connectivity index (χ0v) is 11.3. The lowest BCUT2D eigenvalue weighted by atomic mass is 10.1. The number of nitrogens with zero attached hydrogens (tertiary/aromatic N) is 1. The van der Waals surface area contributed by atoms with Crippen LogP contribution in [-0.2, 0) is 9.53 Å². The van der Waals surface area contributed by atoms with Crippen LogP contribution in [0.15, 0.2) is 0 Å². The lowest BCUT2D eigenvalue weighted by Gasteiger charge is -2.32. The Labute approximate surface area is 109 Å². The molecule has 2 aliphatic rings. The van der Waals surface area contributed by atoms with E-state index in [1.807, 2.05) is 0 Å². The summed E-state index contributed by atoms with van der Waals surface area (Å²) < 4.78 is 5.33. The van der Waals surface area contributed by atoms with Crippen LogP contribution in [0.3, 0.4) is 0 Å². The molecule has 2 unspecified atom stereocenters. The van der Waals surface area contributed by atoms with Gasteiger partial charge in [-0.2, -0.15) is 0 Å². The monoisotopic (exact) mass is 255 g/mol. The molecule has 5 heteroatoms. The molecule has 0 aromatic rings. The van der Waals surface area contributed by atoms with Gasteiger partial charge in [0.2, 0.25) is 5.91 Å². The normalized spacial score (nSPS) is 27.1. The molecule has 2 heterocycles. The fraction of sp³-hybridized carbons (Fsp3) is 0.923. The van der Waals surface area contributed by atoms with Gasteiger partial charge in [-0.3, -0.25) is 9.69 Å². The number of hydrogen-bond acceptors (Lipinski definition) is 4. The summed E-state index contributed by atoms with van der Waals surface area (Å²) in [6.45, 7) is 7.53. The van der Waals surface area contributed by atoms with Crippen LogP contribution in [0.5, 0.6) is 0 Å². The molecule has 2 saturated heterocycles. The van der Waals surface area contributed by atoms with Crippen LogP contribution in [-0.4, -0.2) is 62.3 Å². The van der Waals surface area contributed by atoms with Crippen molar-refractivity contribution < 1.29 is 9.53 Å². The number of ether oxygens (including phenoxy) is 1. The SMILES string of the molecule is CC(CNC(=O)CC1CCCN1)N1CCOCC1. The minimum absolute atomic E-state index is 0.175. The summed E-state index contributed by atoms with van der Waals surface area (Å²) in [5.41, 5.74) is 0.